The van der Waals surface area contributed by atoms with Crippen molar-refractivity contribution < 1.29 is 14.3 Å². The molecule has 0 saturated carbocycles. The molecule has 1 aliphatic carbocycles. The molecular weight excluding hydrogens is 294 g/mol. The highest BCUT2D eigenvalue weighted by Crippen LogP contribution is 2.32. The number of hydrogen-bond acceptors (Lipinski definition) is 5. The van der Waals surface area contributed by atoms with Crippen LogP contribution in [0.2, 0.25) is 5.15 Å². The van der Waals surface area contributed by atoms with Crippen LogP contribution in [0, 0.1) is 5.92 Å². The van der Waals surface area contributed by atoms with E-state index < -0.39 is 6.16 Å². The molecule has 2 heterocycles. The molecule has 7 heteroatoms. The first-order chi connectivity index (χ1) is 10.2. The summed E-state index contributed by atoms with van der Waals surface area (Å²) in [4.78, 5) is 19.2. The number of ether oxygens (including phenoxy) is 2. The van der Waals surface area contributed by atoms with Gasteiger partial charge in [-0.3, -0.25) is 0 Å². The lowest BCUT2D eigenvalue weighted by Crippen LogP contribution is -2.13. The van der Waals surface area contributed by atoms with Crippen molar-refractivity contribution in [3.05, 3.63) is 35.9 Å². The molecule has 110 valence electrons. The molecule has 2 atom stereocenters. The standard InChI is InChI=1S/C14H14ClN3O3/c1-20-14(19)21-7-9-2-3-10(6-9)18-5-4-11-12(15)16-8-17-13(11)18/h2-5,8-10H,6-7H2,1H3/t9-,10+/m1/s1. The Balaban J connectivity index is 1.72. The summed E-state index contributed by atoms with van der Waals surface area (Å²) in [6, 6.07) is 2.07. The molecule has 0 spiro atoms. The maximum atomic E-state index is 11.0. The van der Waals surface area contributed by atoms with Gasteiger partial charge in [0.1, 0.15) is 23.7 Å². The molecular formula is C14H14ClN3O3. The van der Waals surface area contributed by atoms with Gasteiger partial charge < -0.3 is 14.0 Å². The predicted octanol–water partition coefficient (Wildman–Crippen LogP) is 2.98. The van der Waals surface area contributed by atoms with Crippen LogP contribution in [0.4, 0.5) is 4.79 Å². The minimum Gasteiger partial charge on any atom is -0.438 e. The third-order valence-electron chi connectivity index (χ3n) is 3.55. The lowest BCUT2D eigenvalue weighted by atomic mass is 10.1. The molecule has 0 saturated heterocycles. The van der Waals surface area contributed by atoms with Gasteiger partial charge in [-0.2, -0.15) is 0 Å². The molecule has 0 radical (unpaired) electrons. The minimum absolute atomic E-state index is 0.166. The van der Waals surface area contributed by atoms with Crippen LogP contribution in [-0.2, 0) is 9.47 Å². The third kappa shape index (κ3) is 2.71. The average Bonchev–Trinajstić information content (AvgIpc) is 3.11. The quantitative estimate of drug-likeness (QED) is 0.495. The van der Waals surface area contributed by atoms with Gasteiger partial charge in [0.15, 0.2) is 0 Å². The number of allylic oxidation sites excluding steroid dienone is 1. The van der Waals surface area contributed by atoms with Crippen molar-refractivity contribution in [1.82, 2.24) is 14.5 Å². The zero-order valence-electron chi connectivity index (χ0n) is 11.4. The largest absolute Gasteiger partial charge is 0.507 e. The van der Waals surface area contributed by atoms with Crippen LogP contribution in [0.5, 0.6) is 0 Å². The second-order valence-electron chi connectivity index (χ2n) is 4.84. The van der Waals surface area contributed by atoms with E-state index in [1.54, 1.807) is 0 Å². The fourth-order valence-electron chi connectivity index (χ4n) is 2.52. The summed E-state index contributed by atoms with van der Waals surface area (Å²) < 4.78 is 11.5. The van der Waals surface area contributed by atoms with E-state index in [9.17, 15) is 4.79 Å². The zero-order valence-corrected chi connectivity index (χ0v) is 12.2. The Morgan fingerprint density at radius 2 is 2.33 bits per heavy atom. The SMILES string of the molecule is COC(=O)OC[C@@H]1C=C[C@H](n2ccc3c(Cl)ncnc32)C1. The number of fused-ring (bicyclic) bond motifs is 1. The maximum Gasteiger partial charge on any atom is 0.507 e. The van der Waals surface area contributed by atoms with Crippen molar-refractivity contribution in [3.8, 4) is 0 Å². The van der Waals surface area contributed by atoms with E-state index in [2.05, 4.69) is 25.3 Å². The number of rotatable bonds is 3. The summed E-state index contributed by atoms with van der Waals surface area (Å²) in [5.41, 5.74) is 0.805. The van der Waals surface area contributed by atoms with E-state index >= 15 is 0 Å². The van der Waals surface area contributed by atoms with Gasteiger partial charge in [0.2, 0.25) is 0 Å². The molecule has 0 fully saturated rings. The highest BCUT2D eigenvalue weighted by molar-refractivity contribution is 6.33. The Bertz CT molecular complexity index is 698. The second kappa shape index (κ2) is 5.73. The van der Waals surface area contributed by atoms with Gasteiger partial charge in [0, 0.05) is 12.1 Å². The van der Waals surface area contributed by atoms with Crippen LogP contribution in [0.1, 0.15) is 12.5 Å². The van der Waals surface area contributed by atoms with E-state index in [1.165, 1.54) is 13.4 Å². The van der Waals surface area contributed by atoms with Crippen molar-refractivity contribution in [2.75, 3.05) is 13.7 Å². The summed E-state index contributed by atoms with van der Waals surface area (Å²) in [6.07, 6.45) is 7.71. The molecule has 2 aromatic heterocycles. The van der Waals surface area contributed by atoms with Crippen molar-refractivity contribution >= 4 is 28.8 Å². The minimum atomic E-state index is -0.655. The van der Waals surface area contributed by atoms with E-state index in [1.807, 2.05) is 18.3 Å². The van der Waals surface area contributed by atoms with Crippen molar-refractivity contribution in [3.63, 3.8) is 0 Å². The summed E-state index contributed by atoms with van der Waals surface area (Å²) in [5.74, 6) is 0.170. The first-order valence-electron chi connectivity index (χ1n) is 6.55. The molecule has 0 amide bonds. The van der Waals surface area contributed by atoms with Crippen LogP contribution < -0.4 is 0 Å². The van der Waals surface area contributed by atoms with Crippen LogP contribution in [0.25, 0.3) is 11.0 Å². The maximum absolute atomic E-state index is 11.0. The van der Waals surface area contributed by atoms with E-state index in [0.717, 1.165) is 17.5 Å². The Labute approximate surface area is 126 Å². The van der Waals surface area contributed by atoms with Gasteiger partial charge in [0.05, 0.1) is 18.5 Å². The Morgan fingerprint density at radius 3 is 3.14 bits per heavy atom. The normalized spacial score (nSPS) is 20.9. The molecule has 21 heavy (non-hydrogen) atoms. The zero-order chi connectivity index (χ0) is 14.8. The molecule has 6 nitrogen and oxygen atoms in total. The number of halogens is 1. The first kappa shape index (κ1) is 13.9. The second-order valence-corrected chi connectivity index (χ2v) is 5.20. The van der Waals surface area contributed by atoms with Crippen molar-refractivity contribution in [2.45, 2.75) is 12.5 Å². The summed E-state index contributed by atoms with van der Waals surface area (Å²) in [6.45, 7) is 0.314. The van der Waals surface area contributed by atoms with Crippen LogP contribution >= 0.6 is 11.6 Å². The van der Waals surface area contributed by atoms with E-state index in [4.69, 9.17) is 16.3 Å². The summed E-state index contributed by atoms with van der Waals surface area (Å²) in [5, 5.41) is 1.29. The predicted molar refractivity (Wildman–Crippen MR) is 77.2 cm³/mol. The van der Waals surface area contributed by atoms with Gasteiger partial charge in [-0.1, -0.05) is 23.8 Å². The first-order valence-corrected chi connectivity index (χ1v) is 6.93. The van der Waals surface area contributed by atoms with Crippen LogP contribution in [0.3, 0.4) is 0 Å². The van der Waals surface area contributed by atoms with Gasteiger partial charge in [-0.25, -0.2) is 14.8 Å². The van der Waals surface area contributed by atoms with Gasteiger partial charge in [-0.05, 0) is 12.5 Å². The Kier molecular flexibility index (Phi) is 3.79. The number of nitrogens with zero attached hydrogens (tertiary/aromatic N) is 3. The van der Waals surface area contributed by atoms with E-state index in [0.29, 0.717) is 11.8 Å². The van der Waals surface area contributed by atoms with Crippen molar-refractivity contribution in [2.24, 2.45) is 5.92 Å². The topological polar surface area (TPSA) is 66.2 Å². The third-order valence-corrected chi connectivity index (χ3v) is 3.85. The summed E-state index contributed by atoms with van der Waals surface area (Å²) >= 11 is 6.05. The average molecular weight is 308 g/mol. The van der Waals surface area contributed by atoms with Gasteiger partial charge in [0.25, 0.3) is 0 Å². The smallest absolute Gasteiger partial charge is 0.438 e. The molecule has 0 bridgehead atoms. The summed E-state index contributed by atoms with van der Waals surface area (Å²) in [7, 11) is 1.30. The number of carbonyl (C=O) groups excluding carboxylic acids is 1. The fraction of sp³-hybridized carbons (Fsp3) is 0.357. The lowest BCUT2D eigenvalue weighted by molar-refractivity contribution is 0.0641. The number of carbonyl (C=O) groups is 1. The van der Waals surface area contributed by atoms with Crippen molar-refractivity contribution in [1.29, 1.82) is 0 Å². The monoisotopic (exact) mass is 307 g/mol. The van der Waals surface area contributed by atoms with Gasteiger partial charge in [-0.15, -0.1) is 0 Å². The fourth-order valence-corrected chi connectivity index (χ4v) is 2.72. The number of aromatic nitrogens is 3. The molecule has 0 unspecified atom stereocenters. The Morgan fingerprint density at radius 1 is 1.48 bits per heavy atom. The highest BCUT2D eigenvalue weighted by atomic mass is 35.5. The molecule has 0 aromatic carbocycles. The van der Waals surface area contributed by atoms with E-state index in [-0.39, 0.29) is 12.0 Å². The lowest BCUT2D eigenvalue weighted by Gasteiger charge is -2.14. The Hall–Kier alpha value is -2.08. The number of methoxy groups -OCH3 is 1. The molecule has 1 aliphatic rings. The van der Waals surface area contributed by atoms with Crippen LogP contribution in [0.15, 0.2) is 30.7 Å². The van der Waals surface area contributed by atoms with Gasteiger partial charge >= 0.3 is 6.16 Å². The molecule has 0 aliphatic heterocycles. The van der Waals surface area contributed by atoms with Crippen LogP contribution in [-0.4, -0.2) is 34.4 Å². The molecule has 0 N–H and O–H groups in total. The number of hydrogen-bond donors (Lipinski definition) is 0. The molecule has 2 aromatic rings. The molecule has 3 rings (SSSR count). The highest BCUT2D eigenvalue weighted by Gasteiger charge is 2.23.